The summed E-state index contributed by atoms with van der Waals surface area (Å²) in [5.41, 5.74) is 0. The van der Waals surface area contributed by atoms with Crippen LogP contribution in [-0.2, 0) is 23.3 Å². The highest BCUT2D eigenvalue weighted by Crippen LogP contribution is 2.22. The van der Waals surface area contributed by atoms with E-state index in [4.69, 9.17) is 24.9 Å². The van der Waals surface area contributed by atoms with E-state index in [1.807, 2.05) is 0 Å². The molecule has 0 radical (unpaired) electrons. The van der Waals surface area contributed by atoms with Gasteiger partial charge in [-0.15, -0.1) is 0 Å². The summed E-state index contributed by atoms with van der Waals surface area (Å²) in [5, 5.41) is 0. The van der Waals surface area contributed by atoms with Crippen LogP contribution < -0.4 is 0 Å². The zero-order chi connectivity index (χ0) is 11.9. The number of rotatable bonds is 10. The lowest BCUT2D eigenvalue weighted by Crippen LogP contribution is -2.12. The van der Waals surface area contributed by atoms with Crippen molar-refractivity contribution in [3.8, 4) is 0 Å². The Morgan fingerprint density at radius 1 is 1.00 bits per heavy atom. The molecule has 0 amide bonds. The lowest BCUT2D eigenvalue weighted by atomic mass is 10.7. The fourth-order valence-corrected chi connectivity index (χ4v) is 1.49. The Hall–Kier alpha value is 0.120. The predicted octanol–water partition coefficient (Wildman–Crippen LogP) is 0.767. The summed E-state index contributed by atoms with van der Waals surface area (Å²) in [7, 11) is 1.55. The number of halogens is 1. The van der Waals surface area contributed by atoms with Gasteiger partial charge in [-0.05, 0) is 12.8 Å². The van der Waals surface area contributed by atoms with Crippen LogP contribution in [0.3, 0.4) is 0 Å². The van der Waals surface area contributed by atoms with Crippen molar-refractivity contribution in [2.45, 2.75) is 18.9 Å². The SMILES string of the molecule is O=S(=O)(Cl)CCOCCOCCOC1CC1. The first-order chi connectivity index (χ1) is 7.58. The molecule has 0 atom stereocenters. The molecule has 7 heteroatoms. The fourth-order valence-electron chi connectivity index (χ4n) is 0.989. The number of hydrogen-bond donors (Lipinski definition) is 0. The second kappa shape index (κ2) is 7.45. The maximum atomic E-state index is 10.5. The summed E-state index contributed by atoms with van der Waals surface area (Å²) in [4.78, 5) is 0. The molecule has 0 saturated heterocycles. The van der Waals surface area contributed by atoms with E-state index in [1.54, 1.807) is 0 Å². The second-order valence-corrected chi connectivity index (χ2v) is 6.43. The normalized spacial score (nSPS) is 16.6. The van der Waals surface area contributed by atoms with Crippen molar-refractivity contribution >= 4 is 19.7 Å². The molecule has 16 heavy (non-hydrogen) atoms. The quantitative estimate of drug-likeness (QED) is 0.434. The molecule has 0 aromatic heterocycles. The molecule has 0 aliphatic heterocycles. The van der Waals surface area contributed by atoms with Crippen molar-refractivity contribution in [1.82, 2.24) is 0 Å². The van der Waals surface area contributed by atoms with Gasteiger partial charge in [0.1, 0.15) is 0 Å². The smallest absolute Gasteiger partial charge is 0.234 e. The summed E-state index contributed by atoms with van der Waals surface area (Å²) in [6.45, 7) is 2.08. The maximum absolute atomic E-state index is 10.5. The van der Waals surface area contributed by atoms with Crippen molar-refractivity contribution in [3.63, 3.8) is 0 Å². The van der Waals surface area contributed by atoms with Gasteiger partial charge < -0.3 is 14.2 Å². The van der Waals surface area contributed by atoms with Gasteiger partial charge in [0, 0.05) is 10.7 Å². The highest BCUT2D eigenvalue weighted by Gasteiger charge is 2.21. The molecule has 1 fully saturated rings. The first-order valence-corrected chi connectivity index (χ1v) is 7.75. The average Bonchev–Trinajstić information content (AvgIpc) is 2.97. The van der Waals surface area contributed by atoms with Crippen LogP contribution in [0.25, 0.3) is 0 Å². The van der Waals surface area contributed by atoms with E-state index in [1.165, 1.54) is 0 Å². The Balaban J connectivity index is 1.73. The van der Waals surface area contributed by atoms with Gasteiger partial charge in [-0.25, -0.2) is 8.42 Å². The van der Waals surface area contributed by atoms with Crippen LogP contribution in [0, 0.1) is 0 Å². The highest BCUT2D eigenvalue weighted by atomic mass is 35.7. The maximum Gasteiger partial charge on any atom is 0.234 e. The summed E-state index contributed by atoms with van der Waals surface area (Å²) >= 11 is 0. The van der Waals surface area contributed by atoms with Gasteiger partial charge in [0.15, 0.2) is 0 Å². The van der Waals surface area contributed by atoms with Gasteiger partial charge in [0.05, 0.1) is 44.9 Å². The monoisotopic (exact) mass is 272 g/mol. The third kappa shape index (κ3) is 9.35. The first kappa shape index (κ1) is 14.2. The third-order valence-corrected chi connectivity index (χ3v) is 3.07. The van der Waals surface area contributed by atoms with Gasteiger partial charge in [0.2, 0.25) is 9.05 Å². The van der Waals surface area contributed by atoms with Crippen LogP contribution in [0.1, 0.15) is 12.8 Å². The van der Waals surface area contributed by atoms with E-state index in [-0.39, 0.29) is 12.4 Å². The minimum atomic E-state index is -3.44. The van der Waals surface area contributed by atoms with Crippen LogP contribution in [0.2, 0.25) is 0 Å². The van der Waals surface area contributed by atoms with E-state index in [0.29, 0.717) is 32.5 Å². The van der Waals surface area contributed by atoms with Crippen molar-refractivity contribution in [2.24, 2.45) is 0 Å². The number of ether oxygens (including phenoxy) is 3. The second-order valence-electron chi connectivity index (χ2n) is 3.54. The molecule has 1 aliphatic rings. The van der Waals surface area contributed by atoms with Gasteiger partial charge in [-0.3, -0.25) is 0 Å². The van der Waals surface area contributed by atoms with Gasteiger partial charge >= 0.3 is 0 Å². The molecule has 1 saturated carbocycles. The fraction of sp³-hybridized carbons (Fsp3) is 1.00. The topological polar surface area (TPSA) is 61.8 Å². The van der Waals surface area contributed by atoms with Crippen LogP contribution in [0.5, 0.6) is 0 Å². The van der Waals surface area contributed by atoms with E-state index >= 15 is 0 Å². The molecule has 0 unspecified atom stereocenters. The van der Waals surface area contributed by atoms with Gasteiger partial charge in [0.25, 0.3) is 0 Å². The van der Waals surface area contributed by atoms with Crippen molar-refractivity contribution in [1.29, 1.82) is 0 Å². The molecule has 5 nitrogen and oxygen atoms in total. The summed E-state index contributed by atoms with van der Waals surface area (Å²) in [6.07, 6.45) is 2.78. The van der Waals surface area contributed by atoms with E-state index < -0.39 is 9.05 Å². The minimum absolute atomic E-state index is 0.105. The van der Waals surface area contributed by atoms with Gasteiger partial charge in [-0.2, -0.15) is 0 Å². The number of hydrogen-bond acceptors (Lipinski definition) is 5. The average molecular weight is 273 g/mol. The third-order valence-electron chi connectivity index (χ3n) is 1.95. The summed E-state index contributed by atoms with van der Waals surface area (Å²) < 4.78 is 36.6. The van der Waals surface area contributed by atoms with E-state index in [0.717, 1.165) is 12.8 Å². The molecular weight excluding hydrogens is 256 g/mol. The Labute approximate surface area is 100 Å². The Kier molecular flexibility index (Phi) is 6.60. The summed E-state index contributed by atoms with van der Waals surface area (Å²) in [6, 6.07) is 0. The minimum Gasteiger partial charge on any atom is -0.378 e. The first-order valence-electron chi connectivity index (χ1n) is 5.27. The van der Waals surface area contributed by atoms with Crippen LogP contribution in [0.15, 0.2) is 0 Å². The van der Waals surface area contributed by atoms with Crippen LogP contribution >= 0.6 is 10.7 Å². The predicted molar refractivity (Wildman–Crippen MR) is 60.3 cm³/mol. The lowest BCUT2D eigenvalue weighted by Gasteiger charge is -2.05. The molecule has 1 aliphatic carbocycles. The molecule has 0 bridgehead atoms. The van der Waals surface area contributed by atoms with Gasteiger partial charge in [-0.1, -0.05) is 0 Å². The van der Waals surface area contributed by atoms with Crippen LogP contribution in [-0.4, -0.2) is 53.3 Å². The van der Waals surface area contributed by atoms with Crippen molar-refractivity contribution in [3.05, 3.63) is 0 Å². The molecule has 1 rings (SSSR count). The summed E-state index contributed by atoms with van der Waals surface area (Å²) in [5.74, 6) is -0.167. The van der Waals surface area contributed by atoms with E-state index in [9.17, 15) is 8.42 Å². The molecule has 0 aromatic rings. The molecule has 0 N–H and O–H groups in total. The Morgan fingerprint density at radius 3 is 2.12 bits per heavy atom. The molecule has 0 aromatic carbocycles. The highest BCUT2D eigenvalue weighted by molar-refractivity contribution is 8.13. The molecule has 96 valence electrons. The zero-order valence-corrected chi connectivity index (χ0v) is 10.6. The lowest BCUT2D eigenvalue weighted by molar-refractivity contribution is 0.0130. The van der Waals surface area contributed by atoms with Crippen molar-refractivity contribution in [2.75, 3.05) is 38.8 Å². The molecular formula is C9H17ClO5S. The largest absolute Gasteiger partial charge is 0.378 e. The Morgan fingerprint density at radius 2 is 1.56 bits per heavy atom. The molecule has 0 spiro atoms. The zero-order valence-electron chi connectivity index (χ0n) is 9.06. The Bertz CT molecular complexity index is 276. The van der Waals surface area contributed by atoms with Crippen molar-refractivity contribution < 1.29 is 22.6 Å². The molecule has 0 heterocycles. The van der Waals surface area contributed by atoms with E-state index in [2.05, 4.69) is 0 Å². The van der Waals surface area contributed by atoms with Crippen LogP contribution in [0.4, 0.5) is 0 Å². The standard InChI is InChI=1S/C9H17ClO5S/c10-16(11,12)8-7-14-4-3-13-5-6-15-9-1-2-9/h9H,1-8H2.